The van der Waals surface area contributed by atoms with Gasteiger partial charge < -0.3 is 10.2 Å². The van der Waals surface area contributed by atoms with Gasteiger partial charge in [0.15, 0.2) is 0 Å². The Balaban J connectivity index is 1.63. The summed E-state index contributed by atoms with van der Waals surface area (Å²) in [5.41, 5.74) is 2.04. The maximum absolute atomic E-state index is 13.6. The summed E-state index contributed by atoms with van der Waals surface area (Å²) < 4.78 is 25.8. The summed E-state index contributed by atoms with van der Waals surface area (Å²) in [5.74, 6) is -0.353. The van der Waals surface area contributed by atoms with Crippen LogP contribution in [0.25, 0.3) is 0 Å². The van der Waals surface area contributed by atoms with Gasteiger partial charge in [0.25, 0.3) is 11.8 Å². The van der Waals surface area contributed by atoms with Gasteiger partial charge in [0.05, 0.1) is 10.5 Å². The Morgan fingerprint density at radius 3 is 2.29 bits per heavy atom. The molecule has 8 nitrogen and oxygen atoms in total. The standard InChI is InChI=1S/C25H34N4O4S2/c1-17(2)29-15-12-20-21(16-29)34-24(22(20)25(31)28-13-6-5-7-14-28)26-23(30)18-8-10-19(11-9-18)35(32,33)27(3)4/h8-11,17H,5-7,12-16H2,1-4H3,(H,26,30). The zero-order valence-corrected chi connectivity index (χ0v) is 22.5. The summed E-state index contributed by atoms with van der Waals surface area (Å²) >= 11 is 1.49. The molecule has 2 aliphatic rings. The third kappa shape index (κ3) is 5.30. The molecule has 1 aromatic carbocycles. The van der Waals surface area contributed by atoms with Crippen molar-refractivity contribution < 1.29 is 18.0 Å². The highest BCUT2D eigenvalue weighted by atomic mass is 32.2. The quantitative estimate of drug-likeness (QED) is 0.631. The van der Waals surface area contributed by atoms with E-state index < -0.39 is 10.0 Å². The predicted octanol–water partition coefficient (Wildman–Crippen LogP) is 3.64. The van der Waals surface area contributed by atoms with Crippen molar-refractivity contribution in [1.29, 1.82) is 0 Å². The largest absolute Gasteiger partial charge is 0.339 e. The molecule has 1 saturated heterocycles. The van der Waals surface area contributed by atoms with Crippen molar-refractivity contribution >= 4 is 38.2 Å². The van der Waals surface area contributed by atoms with Gasteiger partial charge in [-0.1, -0.05) is 0 Å². The lowest BCUT2D eigenvalue weighted by molar-refractivity contribution is 0.0723. The molecule has 0 bridgehead atoms. The van der Waals surface area contributed by atoms with E-state index in [0.717, 1.165) is 66.6 Å². The molecule has 0 spiro atoms. The van der Waals surface area contributed by atoms with Crippen LogP contribution in [0.15, 0.2) is 29.2 Å². The molecule has 2 aromatic rings. The number of benzene rings is 1. The number of sulfonamides is 1. The number of carbonyl (C=O) groups excluding carboxylic acids is 2. The topological polar surface area (TPSA) is 90.0 Å². The molecule has 1 aromatic heterocycles. The van der Waals surface area contributed by atoms with E-state index in [-0.39, 0.29) is 16.7 Å². The molecular formula is C25H34N4O4S2. The van der Waals surface area contributed by atoms with Gasteiger partial charge in [-0.25, -0.2) is 12.7 Å². The number of hydrogen-bond donors (Lipinski definition) is 1. The molecule has 0 radical (unpaired) electrons. The maximum atomic E-state index is 13.6. The molecule has 10 heteroatoms. The molecule has 0 unspecified atom stereocenters. The van der Waals surface area contributed by atoms with Gasteiger partial charge in [0.1, 0.15) is 5.00 Å². The average molecular weight is 519 g/mol. The zero-order valence-electron chi connectivity index (χ0n) is 20.8. The zero-order chi connectivity index (χ0) is 25.3. The SMILES string of the molecule is CC(C)N1CCc2c(sc(NC(=O)c3ccc(S(=O)(=O)N(C)C)cc3)c2C(=O)N2CCCCC2)C1. The molecule has 0 saturated carbocycles. The van der Waals surface area contributed by atoms with Gasteiger partial charge >= 0.3 is 0 Å². The van der Waals surface area contributed by atoms with E-state index in [9.17, 15) is 18.0 Å². The first-order valence-electron chi connectivity index (χ1n) is 12.1. The summed E-state index contributed by atoms with van der Waals surface area (Å²) in [6.45, 7) is 7.48. The number of hydrogen-bond acceptors (Lipinski definition) is 6. The Bertz CT molecular complexity index is 1200. The number of piperidine rings is 1. The van der Waals surface area contributed by atoms with Gasteiger partial charge in [-0.2, -0.15) is 0 Å². The van der Waals surface area contributed by atoms with E-state index in [1.807, 2.05) is 4.90 Å². The molecule has 190 valence electrons. The molecular weight excluding hydrogens is 484 g/mol. The van der Waals surface area contributed by atoms with Crippen molar-refractivity contribution in [3.8, 4) is 0 Å². The number of anilines is 1. The van der Waals surface area contributed by atoms with E-state index in [1.54, 1.807) is 0 Å². The van der Waals surface area contributed by atoms with Crippen molar-refractivity contribution in [2.75, 3.05) is 39.0 Å². The monoisotopic (exact) mass is 518 g/mol. The van der Waals surface area contributed by atoms with Crippen molar-refractivity contribution in [2.45, 2.75) is 57.0 Å². The van der Waals surface area contributed by atoms with Crippen molar-refractivity contribution in [2.24, 2.45) is 0 Å². The number of likely N-dealkylation sites (tertiary alicyclic amines) is 1. The molecule has 2 amide bonds. The van der Waals surface area contributed by atoms with Crippen LogP contribution < -0.4 is 5.32 Å². The Kier molecular flexibility index (Phi) is 7.65. The van der Waals surface area contributed by atoms with Crippen molar-refractivity contribution in [3.63, 3.8) is 0 Å². The van der Waals surface area contributed by atoms with Crippen LogP contribution in [-0.2, 0) is 23.0 Å². The third-order valence-corrected chi connectivity index (χ3v) is 9.76. The van der Waals surface area contributed by atoms with Crippen LogP contribution in [0.2, 0.25) is 0 Å². The van der Waals surface area contributed by atoms with Gasteiger partial charge in [0, 0.05) is 56.8 Å². The summed E-state index contributed by atoms with van der Waals surface area (Å²) in [5, 5.41) is 3.57. The fourth-order valence-electron chi connectivity index (χ4n) is 4.60. The minimum Gasteiger partial charge on any atom is -0.339 e. The number of carbonyl (C=O) groups is 2. The first kappa shape index (κ1) is 25.8. The van der Waals surface area contributed by atoms with Crippen molar-refractivity contribution in [3.05, 3.63) is 45.8 Å². The van der Waals surface area contributed by atoms with E-state index in [1.165, 1.54) is 49.7 Å². The van der Waals surface area contributed by atoms with E-state index >= 15 is 0 Å². The fourth-order valence-corrected chi connectivity index (χ4v) is 6.76. The molecule has 1 fully saturated rings. The lowest BCUT2D eigenvalue weighted by Crippen LogP contribution is -2.38. The number of amides is 2. The summed E-state index contributed by atoms with van der Waals surface area (Å²) in [6, 6.07) is 6.28. The Morgan fingerprint density at radius 1 is 1.03 bits per heavy atom. The van der Waals surface area contributed by atoms with Crippen LogP contribution in [0.5, 0.6) is 0 Å². The Hall–Kier alpha value is -2.27. The van der Waals surface area contributed by atoms with Gasteiger partial charge in [-0.15, -0.1) is 11.3 Å². The summed E-state index contributed by atoms with van der Waals surface area (Å²) in [7, 11) is -0.638. The highest BCUT2D eigenvalue weighted by Crippen LogP contribution is 2.39. The summed E-state index contributed by atoms with van der Waals surface area (Å²) in [4.78, 5) is 32.3. The highest BCUT2D eigenvalue weighted by Gasteiger charge is 2.32. The molecule has 35 heavy (non-hydrogen) atoms. The number of rotatable bonds is 6. The van der Waals surface area contributed by atoms with Crippen LogP contribution in [0.4, 0.5) is 5.00 Å². The second kappa shape index (κ2) is 10.4. The minimum absolute atomic E-state index is 0.00270. The number of nitrogens with zero attached hydrogens (tertiary/aromatic N) is 3. The average Bonchev–Trinajstić information content (AvgIpc) is 3.20. The van der Waals surface area contributed by atoms with E-state index in [4.69, 9.17) is 0 Å². The lowest BCUT2D eigenvalue weighted by Gasteiger charge is -2.31. The van der Waals surface area contributed by atoms with Crippen LogP contribution in [0.1, 0.15) is 64.3 Å². The predicted molar refractivity (Wildman–Crippen MR) is 139 cm³/mol. The summed E-state index contributed by atoms with van der Waals surface area (Å²) in [6.07, 6.45) is 3.93. The van der Waals surface area contributed by atoms with Gasteiger partial charge in [-0.3, -0.25) is 14.5 Å². The van der Waals surface area contributed by atoms with Crippen LogP contribution in [-0.4, -0.2) is 74.1 Å². The normalized spacial score (nSPS) is 17.0. The molecule has 0 atom stereocenters. The second-order valence-corrected chi connectivity index (χ2v) is 12.9. The number of fused-ring (bicyclic) bond motifs is 1. The van der Waals surface area contributed by atoms with E-state index in [0.29, 0.717) is 22.2 Å². The highest BCUT2D eigenvalue weighted by molar-refractivity contribution is 7.89. The minimum atomic E-state index is -3.57. The first-order chi connectivity index (χ1) is 16.6. The maximum Gasteiger partial charge on any atom is 0.257 e. The molecule has 0 aliphatic carbocycles. The second-order valence-electron chi connectivity index (χ2n) is 9.64. The molecule has 1 N–H and O–H groups in total. The number of thiophene rings is 1. The molecule has 4 rings (SSSR count). The van der Waals surface area contributed by atoms with Crippen LogP contribution >= 0.6 is 11.3 Å². The van der Waals surface area contributed by atoms with Gasteiger partial charge in [-0.05, 0) is 69.4 Å². The third-order valence-electron chi connectivity index (χ3n) is 6.80. The fraction of sp³-hybridized carbons (Fsp3) is 0.520. The van der Waals surface area contributed by atoms with E-state index in [2.05, 4.69) is 24.1 Å². The molecule has 2 aliphatic heterocycles. The molecule has 3 heterocycles. The Labute approximate surface area is 212 Å². The Morgan fingerprint density at radius 2 is 1.69 bits per heavy atom. The van der Waals surface area contributed by atoms with Gasteiger partial charge in [0.2, 0.25) is 10.0 Å². The van der Waals surface area contributed by atoms with Crippen molar-refractivity contribution in [1.82, 2.24) is 14.1 Å². The number of nitrogens with one attached hydrogen (secondary N) is 1. The lowest BCUT2D eigenvalue weighted by atomic mass is 10.00. The first-order valence-corrected chi connectivity index (χ1v) is 14.4. The van der Waals surface area contributed by atoms with Crippen LogP contribution in [0, 0.1) is 0 Å². The smallest absolute Gasteiger partial charge is 0.257 e. The van der Waals surface area contributed by atoms with Crippen LogP contribution in [0.3, 0.4) is 0 Å².